The number of hydrogen-bond acceptors (Lipinski definition) is 2. The highest BCUT2D eigenvalue weighted by Crippen LogP contribution is 2.27. The lowest BCUT2D eigenvalue weighted by Crippen LogP contribution is -2.10. The molecule has 1 heterocycles. The summed E-state index contributed by atoms with van der Waals surface area (Å²) >= 11 is 0. The summed E-state index contributed by atoms with van der Waals surface area (Å²) in [5, 5.41) is 0. The quantitative estimate of drug-likeness (QED) is 0.467. The fourth-order valence-corrected chi connectivity index (χ4v) is 3.26. The second-order valence-electron chi connectivity index (χ2n) is 6.67. The minimum Gasteiger partial charge on any atom is -0.491 e. The van der Waals surface area contributed by atoms with Crippen LogP contribution in [0.15, 0.2) is 66.7 Å². The molecule has 3 nitrogen and oxygen atoms in total. The fraction of sp³-hybridized carbons (Fsp3) is 0.174. The van der Waals surface area contributed by atoms with E-state index in [9.17, 15) is 4.39 Å². The highest BCUT2D eigenvalue weighted by molar-refractivity contribution is 5.80. The van der Waals surface area contributed by atoms with Crippen LogP contribution in [-0.2, 0) is 6.54 Å². The van der Waals surface area contributed by atoms with Crippen molar-refractivity contribution in [3.63, 3.8) is 0 Å². The Morgan fingerprint density at radius 3 is 2.59 bits per heavy atom. The summed E-state index contributed by atoms with van der Waals surface area (Å²) in [7, 11) is 0. The van der Waals surface area contributed by atoms with E-state index in [4.69, 9.17) is 4.74 Å². The summed E-state index contributed by atoms with van der Waals surface area (Å²) in [5.41, 5.74) is 4.59. The molecule has 3 aromatic carbocycles. The van der Waals surface area contributed by atoms with Gasteiger partial charge < -0.3 is 9.30 Å². The van der Waals surface area contributed by atoms with Crippen LogP contribution in [0.5, 0.6) is 5.75 Å². The first-order chi connectivity index (χ1) is 13.1. The van der Waals surface area contributed by atoms with Crippen molar-refractivity contribution >= 4 is 11.0 Å². The highest BCUT2D eigenvalue weighted by Gasteiger charge is 2.15. The van der Waals surface area contributed by atoms with E-state index in [2.05, 4.69) is 17.1 Å². The van der Waals surface area contributed by atoms with Gasteiger partial charge in [0, 0.05) is 0 Å². The van der Waals surface area contributed by atoms with E-state index in [1.54, 1.807) is 12.1 Å². The van der Waals surface area contributed by atoms with Crippen molar-refractivity contribution in [1.82, 2.24) is 9.55 Å². The number of fused-ring (bicyclic) bond motifs is 1. The van der Waals surface area contributed by atoms with Gasteiger partial charge in [-0.25, -0.2) is 9.37 Å². The zero-order chi connectivity index (χ0) is 18.8. The van der Waals surface area contributed by atoms with Gasteiger partial charge in [-0.15, -0.1) is 0 Å². The number of rotatable bonds is 5. The maximum Gasteiger partial charge on any atom is 0.144 e. The molecule has 136 valence electrons. The molecule has 4 rings (SSSR count). The first-order valence-electron chi connectivity index (χ1n) is 9.04. The fourth-order valence-electron chi connectivity index (χ4n) is 3.26. The Balaban J connectivity index is 1.67. The number of ether oxygens (including phenoxy) is 1. The van der Waals surface area contributed by atoms with Gasteiger partial charge in [-0.2, -0.15) is 0 Å². The third-order valence-electron chi connectivity index (χ3n) is 4.69. The smallest absolute Gasteiger partial charge is 0.144 e. The Morgan fingerprint density at radius 1 is 0.963 bits per heavy atom. The molecule has 0 N–H and O–H groups in total. The first kappa shape index (κ1) is 17.3. The topological polar surface area (TPSA) is 27.1 Å². The van der Waals surface area contributed by atoms with Crippen molar-refractivity contribution in [3.05, 3.63) is 83.7 Å². The zero-order valence-electron chi connectivity index (χ0n) is 15.4. The van der Waals surface area contributed by atoms with Gasteiger partial charge in [-0.05, 0) is 55.3 Å². The van der Waals surface area contributed by atoms with Gasteiger partial charge in [0.1, 0.15) is 24.0 Å². The minimum absolute atomic E-state index is 0.274. The monoisotopic (exact) mass is 360 g/mol. The molecule has 0 atom stereocenters. The van der Waals surface area contributed by atoms with E-state index < -0.39 is 0 Å². The van der Waals surface area contributed by atoms with Gasteiger partial charge in [0.05, 0.1) is 23.1 Å². The Bertz CT molecular complexity index is 1100. The summed E-state index contributed by atoms with van der Waals surface area (Å²) < 4.78 is 22.4. The lowest BCUT2D eigenvalue weighted by Gasteiger charge is -2.13. The van der Waals surface area contributed by atoms with Crippen molar-refractivity contribution in [3.8, 4) is 17.1 Å². The number of halogens is 1. The van der Waals surface area contributed by atoms with E-state index in [-0.39, 0.29) is 5.82 Å². The number of hydrogen-bond donors (Lipinski definition) is 0. The van der Waals surface area contributed by atoms with Crippen molar-refractivity contribution < 1.29 is 9.13 Å². The molecule has 0 spiro atoms. The summed E-state index contributed by atoms with van der Waals surface area (Å²) in [6.45, 7) is 5.14. The molecule has 1 aromatic heterocycles. The molecule has 0 bridgehead atoms. The van der Waals surface area contributed by atoms with Gasteiger partial charge in [0.25, 0.3) is 0 Å². The van der Waals surface area contributed by atoms with E-state index in [0.29, 0.717) is 24.5 Å². The predicted molar refractivity (Wildman–Crippen MR) is 107 cm³/mol. The number of para-hydroxylation sites is 2. The highest BCUT2D eigenvalue weighted by atomic mass is 19.1. The summed E-state index contributed by atoms with van der Waals surface area (Å²) in [6, 6.07) is 20.8. The molecular weight excluding hydrogens is 339 g/mol. The lowest BCUT2D eigenvalue weighted by molar-refractivity contribution is 0.298. The number of benzene rings is 3. The van der Waals surface area contributed by atoms with E-state index in [1.165, 1.54) is 6.07 Å². The van der Waals surface area contributed by atoms with E-state index in [0.717, 1.165) is 27.9 Å². The Labute approximate surface area is 158 Å². The largest absolute Gasteiger partial charge is 0.491 e. The molecule has 0 amide bonds. The number of aromatic nitrogens is 2. The Morgan fingerprint density at radius 2 is 1.74 bits per heavy atom. The molecule has 0 saturated heterocycles. The number of aryl methyl sites for hydroxylation is 2. The maximum absolute atomic E-state index is 14.4. The van der Waals surface area contributed by atoms with Crippen LogP contribution in [0, 0.1) is 19.7 Å². The van der Waals surface area contributed by atoms with Crippen molar-refractivity contribution in [1.29, 1.82) is 0 Å². The number of imidazole rings is 1. The van der Waals surface area contributed by atoms with Crippen LogP contribution >= 0.6 is 0 Å². The molecule has 0 saturated carbocycles. The summed E-state index contributed by atoms with van der Waals surface area (Å²) in [4.78, 5) is 4.67. The third-order valence-corrected chi connectivity index (χ3v) is 4.69. The average molecular weight is 360 g/mol. The molecule has 27 heavy (non-hydrogen) atoms. The molecule has 0 aliphatic heterocycles. The van der Waals surface area contributed by atoms with Crippen LogP contribution in [0.3, 0.4) is 0 Å². The zero-order valence-corrected chi connectivity index (χ0v) is 15.4. The maximum atomic E-state index is 14.4. The van der Waals surface area contributed by atoms with Gasteiger partial charge in [-0.3, -0.25) is 0 Å². The standard InChI is InChI=1S/C23H21FN2O/c1-16-11-12-17(2)22(15-16)27-14-13-26-21-10-6-5-9-20(21)25-23(26)18-7-3-4-8-19(18)24/h3-12,15H,13-14H2,1-2H3. The van der Waals surface area contributed by atoms with E-state index >= 15 is 0 Å². The van der Waals surface area contributed by atoms with Gasteiger partial charge in [0.15, 0.2) is 0 Å². The van der Waals surface area contributed by atoms with Crippen molar-refractivity contribution in [2.45, 2.75) is 20.4 Å². The second kappa shape index (κ2) is 7.23. The van der Waals surface area contributed by atoms with Crippen LogP contribution in [-0.4, -0.2) is 16.2 Å². The van der Waals surface area contributed by atoms with Crippen LogP contribution in [0.1, 0.15) is 11.1 Å². The summed E-state index contributed by atoms with van der Waals surface area (Å²) in [5.74, 6) is 1.23. The Hall–Kier alpha value is -3.14. The predicted octanol–water partition coefficient (Wildman–Crippen LogP) is 5.54. The molecular formula is C23H21FN2O. The molecule has 0 aliphatic rings. The summed E-state index contributed by atoms with van der Waals surface area (Å²) in [6.07, 6.45) is 0. The van der Waals surface area contributed by atoms with Crippen LogP contribution < -0.4 is 4.74 Å². The molecule has 0 fully saturated rings. The first-order valence-corrected chi connectivity index (χ1v) is 9.04. The van der Waals surface area contributed by atoms with Gasteiger partial charge >= 0.3 is 0 Å². The molecule has 4 heteroatoms. The van der Waals surface area contributed by atoms with Crippen molar-refractivity contribution in [2.24, 2.45) is 0 Å². The molecule has 4 aromatic rings. The molecule has 0 radical (unpaired) electrons. The van der Waals surface area contributed by atoms with Crippen LogP contribution in [0.25, 0.3) is 22.4 Å². The van der Waals surface area contributed by atoms with Crippen molar-refractivity contribution in [2.75, 3.05) is 6.61 Å². The normalized spacial score (nSPS) is 11.1. The average Bonchev–Trinajstić information content (AvgIpc) is 3.03. The SMILES string of the molecule is Cc1ccc(C)c(OCCn2c(-c3ccccc3F)nc3ccccc32)c1. The minimum atomic E-state index is -0.274. The van der Waals surface area contributed by atoms with Gasteiger partial charge in [-0.1, -0.05) is 36.4 Å². The van der Waals surface area contributed by atoms with Crippen LogP contribution in [0.2, 0.25) is 0 Å². The number of nitrogens with zero attached hydrogens (tertiary/aromatic N) is 2. The molecule has 0 aliphatic carbocycles. The Kier molecular flexibility index (Phi) is 4.63. The third kappa shape index (κ3) is 3.43. The second-order valence-corrected chi connectivity index (χ2v) is 6.67. The molecule has 0 unspecified atom stereocenters. The van der Waals surface area contributed by atoms with Crippen LogP contribution in [0.4, 0.5) is 4.39 Å². The lowest BCUT2D eigenvalue weighted by atomic mass is 10.1. The van der Waals surface area contributed by atoms with Gasteiger partial charge in [0.2, 0.25) is 0 Å². The van der Waals surface area contributed by atoms with E-state index in [1.807, 2.05) is 54.8 Å².